The Kier molecular flexibility index (Phi) is 17.4. The predicted octanol–water partition coefficient (Wildman–Crippen LogP) is 4.94. The zero-order valence-corrected chi connectivity index (χ0v) is 35.9. The molecule has 0 fully saturated rings. The number of amides is 4. The molecule has 3 unspecified atom stereocenters. The third-order valence-corrected chi connectivity index (χ3v) is 9.44. The quantitative estimate of drug-likeness (QED) is 0.0598. The molecule has 0 aliphatic heterocycles. The highest BCUT2D eigenvalue weighted by Gasteiger charge is 2.32. The molecule has 4 N–H and O–H groups in total. The van der Waals surface area contributed by atoms with E-state index in [1.807, 2.05) is 12.1 Å². The second-order valence-corrected chi connectivity index (χ2v) is 17.3. The summed E-state index contributed by atoms with van der Waals surface area (Å²) in [6.45, 7) is 9.33. The molecule has 0 aliphatic carbocycles. The van der Waals surface area contributed by atoms with Gasteiger partial charge in [0.25, 0.3) is 0 Å². The number of aromatic nitrogens is 1. The zero-order valence-electron chi connectivity index (χ0n) is 35.1. The van der Waals surface area contributed by atoms with Gasteiger partial charge in [0, 0.05) is 28.7 Å². The van der Waals surface area contributed by atoms with Gasteiger partial charge in [0.1, 0.15) is 35.3 Å². The number of hydrogen-bond donors (Lipinski definition) is 4. The summed E-state index contributed by atoms with van der Waals surface area (Å²) in [5, 5.41) is 12.4. The van der Waals surface area contributed by atoms with Crippen LogP contribution in [0.15, 0.2) is 113 Å². The Hall–Kier alpha value is -6.26. The number of alkyl carbamates (subject to hydrolysis) is 1. The Morgan fingerprint density at radius 1 is 0.705 bits per heavy atom. The molecule has 4 atom stereocenters. The second-order valence-electron chi connectivity index (χ2n) is 15.9. The number of para-hydroxylation sites is 1. The highest BCUT2D eigenvalue weighted by Crippen LogP contribution is 2.16. The van der Waals surface area contributed by atoms with E-state index in [4.69, 9.17) is 14.2 Å². The lowest BCUT2D eigenvalue weighted by molar-refractivity contribution is -0.157. The van der Waals surface area contributed by atoms with Gasteiger partial charge in [-0.3, -0.25) is 29.0 Å². The van der Waals surface area contributed by atoms with Gasteiger partial charge in [0.2, 0.25) is 17.7 Å². The van der Waals surface area contributed by atoms with E-state index >= 15 is 0 Å². The van der Waals surface area contributed by atoms with Crippen molar-refractivity contribution in [1.29, 1.82) is 0 Å². The van der Waals surface area contributed by atoms with Gasteiger partial charge >= 0.3 is 18.0 Å². The average molecular weight is 856 g/mol. The maximum absolute atomic E-state index is 13.9. The van der Waals surface area contributed by atoms with E-state index in [9.17, 15) is 33.3 Å². The Labute approximate surface area is 358 Å². The van der Waals surface area contributed by atoms with E-state index in [1.165, 1.54) is 11.5 Å². The van der Waals surface area contributed by atoms with Crippen molar-refractivity contribution in [1.82, 2.24) is 26.3 Å². The summed E-state index contributed by atoms with van der Waals surface area (Å²) < 4.78 is 29.1. The van der Waals surface area contributed by atoms with Crippen molar-refractivity contribution in [3.8, 4) is 0 Å². The minimum Gasteiger partial charge on any atom is -0.607 e. The van der Waals surface area contributed by atoms with E-state index in [1.54, 1.807) is 126 Å². The van der Waals surface area contributed by atoms with Crippen LogP contribution in [0.4, 0.5) is 4.79 Å². The Morgan fingerprint density at radius 2 is 1.31 bits per heavy atom. The monoisotopic (exact) mass is 855 g/mol. The molecule has 4 amide bonds. The largest absolute Gasteiger partial charge is 0.607 e. The number of carbonyl (C=O) groups excluding carboxylic acids is 6. The highest BCUT2D eigenvalue weighted by atomic mass is 32.2. The number of esters is 2. The van der Waals surface area contributed by atoms with Gasteiger partial charge in [0.05, 0.1) is 30.9 Å². The van der Waals surface area contributed by atoms with Gasteiger partial charge < -0.3 is 40.0 Å². The fourth-order valence-corrected chi connectivity index (χ4v) is 6.57. The van der Waals surface area contributed by atoms with E-state index in [0.29, 0.717) is 21.7 Å². The van der Waals surface area contributed by atoms with E-state index in [0.717, 1.165) is 5.39 Å². The van der Waals surface area contributed by atoms with Crippen LogP contribution < -0.4 is 21.3 Å². The SMILES string of the molecule is CC(C)(C)OC(=O)CC(/C=C/[S+]([O-])c1ccccc1)NC(=O)CNC(=O)C(Cc1ccc2ccccc2n1)NC(=O)[C@H](CC(=O)OC(C)(C)C)NC(=O)OCc1ccccc1. The smallest absolute Gasteiger partial charge is 0.408 e. The van der Waals surface area contributed by atoms with Gasteiger partial charge in [-0.25, -0.2) is 4.79 Å². The van der Waals surface area contributed by atoms with Crippen LogP contribution in [0.5, 0.6) is 0 Å². The molecule has 0 bridgehead atoms. The fourth-order valence-electron chi connectivity index (χ4n) is 5.66. The number of nitrogens with one attached hydrogen (secondary N) is 4. The summed E-state index contributed by atoms with van der Waals surface area (Å²) in [5.74, 6) is -3.85. The molecule has 0 aliphatic rings. The van der Waals surface area contributed by atoms with Crippen molar-refractivity contribution >= 4 is 57.8 Å². The molecule has 4 rings (SSSR count). The van der Waals surface area contributed by atoms with Crippen LogP contribution in [0.25, 0.3) is 10.9 Å². The van der Waals surface area contributed by atoms with Crippen LogP contribution in [0, 0.1) is 0 Å². The van der Waals surface area contributed by atoms with Crippen LogP contribution in [-0.4, -0.2) is 81.2 Å². The minimum absolute atomic E-state index is 0.118. The normalized spacial score (nSPS) is 13.6. The fraction of sp³-hybridized carbons (Fsp3) is 0.356. The summed E-state index contributed by atoms with van der Waals surface area (Å²) in [7, 11) is 0. The van der Waals surface area contributed by atoms with Crippen molar-refractivity contribution in [2.45, 2.75) is 102 Å². The van der Waals surface area contributed by atoms with Crippen LogP contribution in [0.3, 0.4) is 0 Å². The molecule has 15 nitrogen and oxygen atoms in total. The van der Waals surface area contributed by atoms with Gasteiger partial charge in [0.15, 0.2) is 4.90 Å². The average Bonchev–Trinajstić information content (AvgIpc) is 3.19. The molecule has 0 radical (unpaired) electrons. The van der Waals surface area contributed by atoms with Crippen molar-refractivity contribution in [3.05, 3.63) is 120 Å². The van der Waals surface area contributed by atoms with Crippen LogP contribution in [0.1, 0.15) is 65.6 Å². The maximum atomic E-state index is 13.9. The number of pyridine rings is 1. The summed E-state index contributed by atoms with van der Waals surface area (Å²) >= 11 is -1.59. The summed E-state index contributed by atoms with van der Waals surface area (Å²) in [5.41, 5.74) is 0.0182. The first-order valence-electron chi connectivity index (χ1n) is 19.6. The molecule has 1 aromatic heterocycles. The number of rotatable bonds is 18. The van der Waals surface area contributed by atoms with Crippen molar-refractivity contribution in [3.63, 3.8) is 0 Å². The summed E-state index contributed by atoms with van der Waals surface area (Å²) in [6.07, 6.45) is -0.633. The third-order valence-electron chi connectivity index (χ3n) is 8.30. The van der Waals surface area contributed by atoms with Crippen LogP contribution in [-0.2, 0) is 62.4 Å². The Balaban J connectivity index is 1.53. The van der Waals surface area contributed by atoms with Gasteiger partial charge in [-0.2, -0.15) is 0 Å². The number of benzene rings is 3. The molecule has 61 heavy (non-hydrogen) atoms. The topological polar surface area (TPSA) is 214 Å². The van der Waals surface area contributed by atoms with Gasteiger partial charge in [-0.1, -0.05) is 72.8 Å². The van der Waals surface area contributed by atoms with Gasteiger partial charge in [-0.05, 0) is 77.4 Å². The first-order valence-corrected chi connectivity index (χ1v) is 20.8. The molecule has 4 aromatic rings. The van der Waals surface area contributed by atoms with E-state index in [2.05, 4.69) is 26.3 Å². The summed E-state index contributed by atoms with van der Waals surface area (Å²) in [6, 6.07) is 24.3. The van der Waals surface area contributed by atoms with Gasteiger partial charge in [-0.15, -0.1) is 0 Å². The molecule has 0 saturated heterocycles. The lowest BCUT2D eigenvalue weighted by Gasteiger charge is -2.25. The lowest BCUT2D eigenvalue weighted by Crippen LogP contribution is -2.56. The number of ether oxygens (including phenoxy) is 3. The Bertz CT molecular complexity index is 2160. The van der Waals surface area contributed by atoms with Crippen LogP contribution >= 0.6 is 0 Å². The number of carbonyl (C=O) groups is 6. The second kappa shape index (κ2) is 22.4. The first-order chi connectivity index (χ1) is 28.8. The zero-order chi connectivity index (χ0) is 44.6. The van der Waals surface area contributed by atoms with Crippen molar-refractivity contribution in [2.24, 2.45) is 0 Å². The molecule has 1 heterocycles. The molecule has 0 spiro atoms. The molecular formula is C45H53N5O10S. The minimum atomic E-state index is -1.59. The predicted molar refractivity (Wildman–Crippen MR) is 229 cm³/mol. The standard InChI is InChI=1S/C45H53N5O10S/c1-44(2,3)59-39(52)26-33(23-24-61(57)34-18-11-8-12-19-34)48-38(51)28-46-41(54)36(25-32-22-21-31-17-13-14-20-35(31)47-32)49-42(55)37(27-40(53)60-45(4,5)6)50-43(56)58-29-30-15-9-7-10-16-30/h7-24,33,36-37H,25-29H2,1-6H3,(H,46,54)(H,48,51)(H,49,55)(H,50,56)/b24-23+/t33?,36?,37-,61?/m0/s1. The maximum Gasteiger partial charge on any atom is 0.408 e. The molecule has 3 aromatic carbocycles. The van der Waals surface area contributed by atoms with E-state index in [-0.39, 0.29) is 19.4 Å². The van der Waals surface area contributed by atoms with Crippen molar-refractivity contribution < 1.29 is 47.5 Å². The lowest BCUT2D eigenvalue weighted by atomic mass is 10.1. The first kappa shape index (κ1) is 47.4. The van der Waals surface area contributed by atoms with E-state index < -0.39 is 89.2 Å². The van der Waals surface area contributed by atoms with Crippen molar-refractivity contribution in [2.75, 3.05) is 6.54 Å². The highest BCUT2D eigenvalue weighted by molar-refractivity contribution is 7.94. The molecule has 0 saturated carbocycles. The number of fused-ring (bicyclic) bond motifs is 1. The third kappa shape index (κ3) is 17.5. The summed E-state index contributed by atoms with van der Waals surface area (Å²) in [4.78, 5) is 85.0. The number of nitrogens with zero attached hydrogens (tertiary/aromatic N) is 1. The molecule has 16 heteroatoms. The molecule has 324 valence electrons. The molecular weight excluding hydrogens is 803 g/mol. The Morgan fingerprint density at radius 3 is 1.97 bits per heavy atom. The number of hydrogen-bond acceptors (Lipinski definition) is 11. The van der Waals surface area contributed by atoms with Crippen LogP contribution in [0.2, 0.25) is 0 Å².